The van der Waals surface area contributed by atoms with Crippen LogP contribution in [0.2, 0.25) is 0 Å². The molecule has 6 nitrogen and oxygen atoms in total. The molecule has 0 radical (unpaired) electrons. The SMILES string of the molecule is Cc1noc(-c2ccccc2)c1/C=C(\NC(=O)c1ccccc1)C(=O)O. The molecule has 0 aliphatic rings. The highest BCUT2D eigenvalue weighted by molar-refractivity contribution is 6.03. The zero-order valence-corrected chi connectivity index (χ0v) is 14.0. The zero-order chi connectivity index (χ0) is 18.5. The van der Waals surface area contributed by atoms with Gasteiger partial charge in [-0.3, -0.25) is 4.79 Å². The maximum absolute atomic E-state index is 12.3. The molecular formula is C20H16N2O4. The second kappa shape index (κ2) is 7.48. The van der Waals surface area contributed by atoms with Crippen LogP contribution < -0.4 is 5.32 Å². The summed E-state index contributed by atoms with van der Waals surface area (Å²) in [5.74, 6) is -1.32. The molecule has 1 amide bonds. The minimum atomic E-state index is -1.26. The van der Waals surface area contributed by atoms with Crippen LogP contribution in [-0.2, 0) is 4.79 Å². The molecule has 0 aliphatic heterocycles. The fourth-order valence-corrected chi connectivity index (χ4v) is 2.42. The standard InChI is InChI=1S/C20H16N2O4/c1-13-16(18(26-22-13)14-8-4-2-5-9-14)12-17(20(24)25)21-19(23)15-10-6-3-7-11-15/h2-12H,1H3,(H,21,23)(H,24,25)/b17-12-. The van der Waals surface area contributed by atoms with Gasteiger partial charge in [-0.1, -0.05) is 53.7 Å². The van der Waals surface area contributed by atoms with E-state index in [1.54, 1.807) is 37.3 Å². The summed E-state index contributed by atoms with van der Waals surface area (Å²) in [6.45, 7) is 1.71. The molecule has 0 aliphatic carbocycles. The molecule has 1 heterocycles. The smallest absolute Gasteiger partial charge is 0.352 e. The predicted octanol–water partition coefficient (Wildman–Crippen LogP) is 3.51. The third kappa shape index (κ3) is 3.70. The highest BCUT2D eigenvalue weighted by Gasteiger charge is 2.18. The lowest BCUT2D eigenvalue weighted by Gasteiger charge is -2.06. The van der Waals surface area contributed by atoms with E-state index in [0.29, 0.717) is 22.6 Å². The number of carbonyl (C=O) groups is 2. The molecule has 3 rings (SSSR count). The molecule has 26 heavy (non-hydrogen) atoms. The van der Waals surface area contributed by atoms with Crippen molar-refractivity contribution in [3.05, 3.63) is 83.2 Å². The molecule has 0 spiro atoms. The first-order chi connectivity index (χ1) is 12.6. The highest BCUT2D eigenvalue weighted by atomic mass is 16.5. The monoisotopic (exact) mass is 348 g/mol. The van der Waals surface area contributed by atoms with Gasteiger partial charge in [-0.15, -0.1) is 0 Å². The van der Waals surface area contributed by atoms with E-state index in [-0.39, 0.29) is 5.70 Å². The molecule has 0 bridgehead atoms. The number of nitrogens with one attached hydrogen (secondary N) is 1. The Morgan fingerprint density at radius 1 is 1.04 bits per heavy atom. The summed E-state index contributed by atoms with van der Waals surface area (Å²) < 4.78 is 5.35. The van der Waals surface area contributed by atoms with Crippen LogP contribution in [0.15, 0.2) is 70.9 Å². The van der Waals surface area contributed by atoms with E-state index >= 15 is 0 Å². The molecule has 6 heteroatoms. The first kappa shape index (κ1) is 17.2. The number of aliphatic carboxylic acids is 1. The van der Waals surface area contributed by atoms with E-state index in [2.05, 4.69) is 10.5 Å². The Balaban J connectivity index is 1.97. The summed E-state index contributed by atoms with van der Waals surface area (Å²) in [7, 11) is 0. The van der Waals surface area contributed by atoms with Gasteiger partial charge in [0.15, 0.2) is 5.76 Å². The third-order valence-corrected chi connectivity index (χ3v) is 3.75. The van der Waals surface area contributed by atoms with Crippen LogP contribution in [0, 0.1) is 6.92 Å². The summed E-state index contributed by atoms with van der Waals surface area (Å²) in [5.41, 5.74) is 1.89. The number of carboxylic acid groups (broad SMARTS) is 1. The van der Waals surface area contributed by atoms with Crippen LogP contribution in [0.3, 0.4) is 0 Å². The molecule has 0 unspecified atom stereocenters. The number of benzene rings is 2. The van der Waals surface area contributed by atoms with Crippen LogP contribution >= 0.6 is 0 Å². The van der Waals surface area contributed by atoms with E-state index in [9.17, 15) is 14.7 Å². The normalized spacial score (nSPS) is 11.2. The molecule has 1 aromatic heterocycles. The van der Waals surface area contributed by atoms with Gasteiger partial charge >= 0.3 is 5.97 Å². The van der Waals surface area contributed by atoms with Gasteiger partial charge in [0.25, 0.3) is 5.91 Å². The molecule has 0 fully saturated rings. The Morgan fingerprint density at radius 2 is 1.65 bits per heavy atom. The Kier molecular flexibility index (Phi) is 4.94. The van der Waals surface area contributed by atoms with Gasteiger partial charge in [0.1, 0.15) is 5.70 Å². The summed E-state index contributed by atoms with van der Waals surface area (Å²) in [5, 5.41) is 15.8. The summed E-state index contributed by atoms with van der Waals surface area (Å²) in [4.78, 5) is 23.9. The minimum absolute atomic E-state index is 0.262. The minimum Gasteiger partial charge on any atom is -0.477 e. The van der Waals surface area contributed by atoms with E-state index in [0.717, 1.165) is 5.56 Å². The van der Waals surface area contributed by atoms with Crippen LogP contribution in [-0.4, -0.2) is 22.1 Å². The van der Waals surface area contributed by atoms with E-state index in [1.807, 2.05) is 30.3 Å². The number of hydrogen-bond donors (Lipinski definition) is 2. The number of nitrogens with zero attached hydrogens (tertiary/aromatic N) is 1. The molecule has 3 aromatic rings. The van der Waals surface area contributed by atoms with Crippen molar-refractivity contribution < 1.29 is 19.2 Å². The summed E-state index contributed by atoms with van der Waals surface area (Å²) in [6.07, 6.45) is 1.36. The van der Waals surface area contributed by atoms with Crippen molar-refractivity contribution in [3.8, 4) is 11.3 Å². The van der Waals surface area contributed by atoms with E-state index in [1.165, 1.54) is 6.08 Å². The van der Waals surface area contributed by atoms with Crippen molar-refractivity contribution >= 4 is 18.0 Å². The highest BCUT2D eigenvalue weighted by Crippen LogP contribution is 2.27. The van der Waals surface area contributed by atoms with Gasteiger partial charge in [0, 0.05) is 16.7 Å². The lowest BCUT2D eigenvalue weighted by atomic mass is 10.1. The number of aromatic nitrogens is 1. The second-order valence-electron chi connectivity index (χ2n) is 5.56. The zero-order valence-electron chi connectivity index (χ0n) is 14.0. The Labute approximate surface area is 149 Å². The van der Waals surface area contributed by atoms with Gasteiger partial charge in [0.05, 0.1) is 5.69 Å². The fraction of sp³-hybridized carbons (Fsp3) is 0.0500. The fourth-order valence-electron chi connectivity index (χ4n) is 2.42. The second-order valence-corrected chi connectivity index (χ2v) is 5.56. The van der Waals surface area contributed by atoms with Gasteiger partial charge in [-0.25, -0.2) is 4.79 Å². The van der Waals surface area contributed by atoms with Crippen molar-refractivity contribution in [3.63, 3.8) is 0 Å². The lowest BCUT2D eigenvalue weighted by molar-refractivity contribution is -0.132. The Morgan fingerprint density at radius 3 is 2.27 bits per heavy atom. The maximum Gasteiger partial charge on any atom is 0.352 e. The van der Waals surface area contributed by atoms with E-state index in [4.69, 9.17) is 4.52 Å². The van der Waals surface area contributed by atoms with Gasteiger partial charge in [-0.2, -0.15) is 0 Å². The first-order valence-electron chi connectivity index (χ1n) is 7.89. The van der Waals surface area contributed by atoms with Gasteiger partial charge in [-0.05, 0) is 25.1 Å². The van der Waals surface area contributed by atoms with Crippen LogP contribution in [0.1, 0.15) is 21.6 Å². The van der Waals surface area contributed by atoms with Crippen molar-refractivity contribution in [1.29, 1.82) is 0 Å². The largest absolute Gasteiger partial charge is 0.477 e. The quantitative estimate of drug-likeness (QED) is 0.689. The molecule has 2 N–H and O–H groups in total. The molecule has 0 saturated carbocycles. The van der Waals surface area contributed by atoms with Crippen LogP contribution in [0.5, 0.6) is 0 Å². The summed E-state index contributed by atoms with van der Waals surface area (Å²) in [6, 6.07) is 17.6. The summed E-state index contributed by atoms with van der Waals surface area (Å²) >= 11 is 0. The number of rotatable bonds is 5. The predicted molar refractivity (Wildman–Crippen MR) is 96.2 cm³/mol. The number of carboxylic acids is 1. The topological polar surface area (TPSA) is 92.4 Å². The molecule has 0 atom stereocenters. The number of hydrogen-bond acceptors (Lipinski definition) is 4. The Bertz CT molecular complexity index is 960. The average Bonchev–Trinajstić information content (AvgIpc) is 3.03. The van der Waals surface area contributed by atoms with E-state index < -0.39 is 11.9 Å². The van der Waals surface area contributed by atoms with Crippen molar-refractivity contribution in [1.82, 2.24) is 10.5 Å². The van der Waals surface area contributed by atoms with Crippen molar-refractivity contribution in [2.45, 2.75) is 6.92 Å². The maximum atomic E-state index is 12.3. The number of aryl methyl sites for hydroxylation is 1. The van der Waals surface area contributed by atoms with Crippen LogP contribution in [0.4, 0.5) is 0 Å². The lowest BCUT2D eigenvalue weighted by Crippen LogP contribution is -2.27. The van der Waals surface area contributed by atoms with Crippen molar-refractivity contribution in [2.24, 2.45) is 0 Å². The average molecular weight is 348 g/mol. The molecule has 2 aromatic carbocycles. The number of amides is 1. The van der Waals surface area contributed by atoms with Gasteiger partial charge < -0.3 is 14.9 Å². The molecular weight excluding hydrogens is 332 g/mol. The third-order valence-electron chi connectivity index (χ3n) is 3.75. The van der Waals surface area contributed by atoms with Gasteiger partial charge in [0.2, 0.25) is 0 Å². The van der Waals surface area contributed by atoms with Crippen LogP contribution in [0.25, 0.3) is 17.4 Å². The molecule has 0 saturated heterocycles. The first-order valence-corrected chi connectivity index (χ1v) is 7.89. The van der Waals surface area contributed by atoms with Crippen molar-refractivity contribution in [2.75, 3.05) is 0 Å². The Hall–Kier alpha value is -3.67. The molecule has 130 valence electrons. The number of carbonyl (C=O) groups excluding carboxylic acids is 1.